The molecule has 0 spiro atoms. The largest absolute Gasteiger partial charge is 0.490 e. The van der Waals surface area contributed by atoms with Crippen LogP contribution in [-0.2, 0) is 0 Å². The lowest BCUT2D eigenvalue weighted by Crippen LogP contribution is -2.21. The molecule has 0 saturated carbocycles. The first-order chi connectivity index (χ1) is 12.0. The Morgan fingerprint density at radius 1 is 1.12 bits per heavy atom. The molecule has 2 aromatic rings. The Labute approximate surface area is 146 Å². The molecule has 0 aliphatic carbocycles. The van der Waals surface area contributed by atoms with E-state index in [1.807, 2.05) is 26.0 Å². The van der Waals surface area contributed by atoms with Gasteiger partial charge in [0, 0.05) is 0 Å². The second-order valence-corrected chi connectivity index (χ2v) is 5.16. The first kappa shape index (κ1) is 18.0. The van der Waals surface area contributed by atoms with Gasteiger partial charge in [-0.3, -0.25) is 0 Å². The monoisotopic (exact) mass is 340 g/mol. The molecule has 0 unspecified atom stereocenters. The lowest BCUT2D eigenvalue weighted by atomic mass is 10.1. The van der Waals surface area contributed by atoms with Crippen molar-refractivity contribution >= 4 is 18.1 Å². The number of hydrogen-bond acceptors (Lipinski definition) is 5. The van der Waals surface area contributed by atoms with Crippen LogP contribution < -0.4 is 20.9 Å². The average Bonchev–Trinajstić information content (AvgIpc) is 2.57. The van der Waals surface area contributed by atoms with E-state index < -0.39 is 5.97 Å². The van der Waals surface area contributed by atoms with Gasteiger partial charge in [0.2, 0.25) is 5.96 Å². The van der Waals surface area contributed by atoms with Crippen molar-refractivity contribution in [2.24, 2.45) is 21.7 Å². The Bertz CT molecular complexity index is 794. The van der Waals surface area contributed by atoms with Gasteiger partial charge in [-0.1, -0.05) is 17.7 Å². The fraction of sp³-hybridized carbons (Fsp3) is 0.167. The number of aryl methyl sites for hydroxylation is 1. The number of rotatable bonds is 6. The van der Waals surface area contributed by atoms with Crippen LogP contribution in [-0.4, -0.2) is 24.8 Å². The highest BCUT2D eigenvalue weighted by Gasteiger charge is 2.13. The first-order valence-corrected chi connectivity index (χ1v) is 7.67. The highest BCUT2D eigenvalue weighted by Crippen LogP contribution is 2.29. The maximum atomic E-state index is 12.3. The quantitative estimate of drug-likeness (QED) is 0.275. The van der Waals surface area contributed by atoms with E-state index >= 15 is 0 Å². The van der Waals surface area contributed by atoms with Crippen LogP contribution in [0.1, 0.15) is 28.4 Å². The molecule has 0 bridgehead atoms. The lowest BCUT2D eigenvalue weighted by molar-refractivity contribution is 0.0728. The minimum absolute atomic E-state index is 0.134. The van der Waals surface area contributed by atoms with Crippen LogP contribution in [0.4, 0.5) is 0 Å². The summed E-state index contributed by atoms with van der Waals surface area (Å²) in [6, 6.07) is 12.2. The van der Waals surface area contributed by atoms with Gasteiger partial charge in [0.15, 0.2) is 11.5 Å². The third-order valence-electron chi connectivity index (χ3n) is 3.14. The summed E-state index contributed by atoms with van der Waals surface area (Å²) in [5.74, 6) is 0.163. The minimum Gasteiger partial charge on any atom is -0.490 e. The number of esters is 1. The summed E-state index contributed by atoms with van der Waals surface area (Å²) in [4.78, 5) is 12.3. The van der Waals surface area contributed by atoms with E-state index in [1.165, 1.54) is 6.21 Å². The molecule has 0 radical (unpaired) electrons. The molecule has 0 atom stereocenters. The molecule has 2 aromatic carbocycles. The van der Waals surface area contributed by atoms with Crippen molar-refractivity contribution < 1.29 is 14.3 Å². The molecule has 7 nitrogen and oxygen atoms in total. The Morgan fingerprint density at radius 2 is 1.84 bits per heavy atom. The van der Waals surface area contributed by atoms with Gasteiger partial charge in [-0.25, -0.2) is 4.79 Å². The normalized spacial score (nSPS) is 10.5. The third kappa shape index (κ3) is 5.35. The van der Waals surface area contributed by atoms with E-state index in [4.69, 9.17) is 20.9 Å². The number of carbonyl (C=O) groups is 1. The Morgan fingerprint density at radius 3 is 2.48 bits per heavy atom. The van der Waals surface area contributed by atoms with Crippen molar-refractivity contribution in [3.63, 3.8) is 0 Å². The van der Waals surface area contributed by atoms with E-state index in [1.54, 1.807) is 30.3 Å². The zero-order valence-corrected chi connectivity index (χ0v) is 14.1. The molecule has 25 heavy (non-hydrogen) atoms. The fourth-order valence-corrected chi connectivity index (χ4v) is 1.97. The maximum Gasteiger partial charge on any atom is 0.343 e. The molecule has 0 aromatic heterocycles. The van der Waals surface area contributed by atoms with Gasteiger partial charge >= 0.3 is 5.97 Å². The summed E-state index contributed by atoms with van der Waals surface area (Å²) in [6.45, 7) is 4.21. The van der Waals surface area contributed by atoms with Crippen molar-refractivity contribution in [2.75, 3.05) is 6.61 Å². The topological polar surface area (TPSA) is 112 Å². The van der Waals surface area contributed by atoms with Gasteiger partial charge in [-0.05, 0) is 49.7 Å². The summed E-state index contributed by atoms with van der Waals surface area (Å²) in [5, 5.41) is 7.27. The predicted molar refractivity (Wildman–Crippen MR) is 97.2 cm³/mol. The Kier molecular flexibility index (Phi) is 6.11. The smallest absolute Gasteiger partial charge is 0.343 e. The van der Waals surface area contributed by atoms with Crippen molar-refractivity contribution in [3.8, 4) is 11.5 Å². The van der Waals surface area contributed by atoms with Crippen molar-refractivity contribution in [1.82, 2.24) is 0 Å². The van der Waals surface area contributed by atoms with Crippen LogP contribution >= 0.6 is 0 Å². The van der Waals surface area contributed by atoms with E-state index in [2.05, 4.69) is 10.2 Å². The average molecular weight is 340 g/mol. The van der Waals surface area contributed by atoms with Gasteiger partial charge in [0.1, 0.15) is 0 Å². The number of carbonyl (C=O) groups excluding carboxylic acids is 1. The van der Waals surface area contributed by atoms with Gasteiger partial charge < -0.3 is 20.9 Å². The van der Waals surface area contributed by atoms with Crippen molar-refractivity contribution in [2.45, 2.75) is 13.8 Å². The molecule has 0 amide bonds. The summed E-state index contributed by atoms with van der Waals surface area (Å²) in [5.41, 5.74) is 12.6. The summed E-state index contributed by atoms with van der Waals surface area (Å²) >= 11 is 0. The molecule has 2 rings (SSSR count). The second-order valence-electron chi connectivity index (χ2n) is 5.16. The van der Waals surface area contributed by atoms with Crippen LogP contribution in [0.2, 0.25) is 0 Å². The molecule has 0 fully saturated rings. The van der Waals surface area contributed by atoms with Crippen LogP contribution in [0, 0.1) is 6.92 Å². The predicted octanol–water partition coefficient (Wildman–Crippen LogP) is 2.22. The van der Waals surface area contributed by atoms with Gasteiger partial charge in [0.25, 0.3) is 0 Å². The number of nitrogens with two attached hydrogens (primary N) is 2. The summed E-state index contributed by atoms with van der Waals surface area (Å²) in [7, 11) is 0. The van der Waals surface area contributed by atoms with E-state index in [9.17, 15) is 4.79 Å². The highest BCUT2D eigenvalue weighted by molar-refractivity contribution is 5.91. The van der Waals surface area contributed by atoms with E-state index in [0.29, 0.717) is 29.2 Å². The molecule has 0 aliphatic rings. The van der Waals surface area contributed by atoms with Crippen LogP contribution in [0.25, 0.3) is 0 Å². The number of ether oxygens (including phenoxy) is 2. The second kappa shape index (κ2) is 8.49. The SMILES string of the molecule is CCOc1cc(C=NN=C(N)N)ccc1OC(=O)c1ccc(C)cc1. The molecular weight excluding hydrogens is 320 g/mol. The van der Waals surface area contributed by atoms with E-state index in [-0.39, 0.29) is 5.96 Å². The number of benzene rings is 2. The summed E-state index contributed by atoms with van der Waals surface area (Å²) < 4.78 is 11.0. The molecule has 130 valence electrons. The lowest BCUT2D eigenvalue weighted by Gasteiger charge is -2.11. The Balaban J connectivity index is 2.21. The van der Waals surface area contributed by atoms with Gasteiger partial charge in [-0.15, -0.1) is 5.10 Å². The van der Waals surface area contributed by atoms with Crippen LogP contribution in [0.3, 0.4) is 0 Å². The first-order valence-electron chi connectivity index (χ1n) is 7.67. The number of hydrogen-bond donors (Lipinski definition) is 2. The van der Waals surface area contributed by atoms with Crippen LogP contribution in [0.15, 0.2) is 52.7 Å². The molecule has 7 heteroatoms. The number of guanidine groups is 1. The minimum atomic E-state index is -0.456. The van der Waals surface area contributed by atoms with Crippen molar-refractivity contribution in [3.05, 3.63) is 59.2 Å². The number of nitrogens with zero attached hydrogens (tertiary/aromatic N) is 2. The fourth-order valence-electron chi connectivity index (χ4n) is 1.97. The standard InChI is InChI=1S/C18H20N4O3/c1-3-24-16-10-13(11-21-22-18(19)20)6-9-15(16)25-17(23)14-7-4-12(2)5-8-14/h4-11H,3H2,1-2H3,(H4,19,20,22). The zero-order valence-electron chi connectivity index (χ0n) is 14.1. The van der Waals surface area contributed by atoms with Gasteiger partial charge in [0.05, 0.1) is 18.4 Å². The van der Waals surface area contributed by atoms with E-state index in [0.717, 1.165) is 5.56 Å². The van der Waals surface area contributed by atoms with Crippen molar-refractivity contribution in [1.29, 1.82) is 0 Å². The summed E-state index contributed by atoms with van der Waals surface area (Å²) in [6.07, 6.45) is 1.47. The maximum absolute atomic E-state index is 12.3. The van der Waals surface area contributed by atoms with Gasteiger partial charge in [-0.2, -0.15) is 5.10 Å². The highest BCUT2D eigenvalue weighted by atomic mass is 16.6. The molecule has 0 aliphatic heterocycles. The molecule has 4 N–H and O–H groups in total. The molecular formula is C18H20N4O3. The third-order valence-corrected chi connectivity index (χ3v) is 3.14. The molecule has 0 heterocycles. The molecule has 0 saturated heterocycles. The van der Waals surface area contributed by atoms with Crippen LogP contribution in [0.5, 0.6) is 11.5 Å². The zero-order chi connectivity index (χ0) is 18.2. The Hall–Kier alpha value is -3.35.